The van der Waals surface area contributed by atoms with Crippen LogP contribution in [0.2, 0.25) is 0 Å². The molecule has 2 saturated carbocycles. The lowest BCUT2D eigenvalue weighted by atomic mass is 9.58. The van der Waals surface area contributed by atoms with Crippen LogP contribution in [0.1, 0.15) is 179 Å². The Bertz CT molecular complexity index is 3470. The topological polar surface area (TPSA) is 9.72 Å². The van der Waals surface area contributed by atoms with Gasteiger partial charge in [-0.25, -0.2) is 0 Å². The van der Waals surface area contributed by atoms with Crippen LogP contribution in [-0.4, -0.2) is 0 Å². The normalized spacial score (nSPS) is 18.4. The minimum atomic E-state index is 0.0257. The molecule has 11 rings (SSSR count). The van der Waals surface area contributed by atoms with E-state index in [-0.39, 0.29) is 10.8 Å². The molecular weight excluding hydrogens is 1040 g/mol. The maximum atomic E-state index is 2.62. The van der Waals surface area contributed by atoms with Gasteiger partial charge in [-0.05, 0) is 239 Å². The van der Waals surface area contributed by atoms with Gasteiger partial charge in [-0.1, -0.05) is 216 Å². The number of nitrogens with zero attached hydrogens (tertiary/aromatic N) is 3. The van der Waals surface area contributed by atoms with Crippen molar-refractivity contribution in [3.05, 3.63) is 268 Å². The third-order valence-electron chi connectivity index (χ3n) is 20.5. The van der Waals surface area contributed by atoms with Crippen LogP contribution in [0.5, 0.6) is 0 Å². The number of aryl methyl sites for hydroxylation is 5. The van der Waals surface area contributed by atoms with Gasteiger partial charge in [-0.15, -0.1) is 0 Å². The van der Waals surface area contributed by atoms with Crippen molar-refractivity contribution in [3.63, 3.8) is 0 Å². The van der Waals surface area contributed by atoms with Crippen molar-refractivity contribution in [2.24, 2.45) is 11.8 Å². The van der Waals surface area contributed by atoms with Crippen LogP contribution in [0.25, 0.3) is 0 Å². The summed E-state index contributed by atoms with van der Waals surface area (Å²) in [6.45, 7) is 20.8. The van der Waals surface area contributed by atoms with E-state index in [2.05, 4.69) is 295 Å². The summed E-state index contributed by atoms with van der Waals surface area (Å²) >= 11 is 0. The maximum Gasteiger partial charge on any atom is 0.0461 e. The Hall–Kier alpha value is -7.62. The molecular formula is C83H95N3. The van der Waals surface area contributed by atoms with E-state index in [0.29, 0.717) is 23.7 Å². The monoisotopic (exact) mass is 1130 g/mol. The second kappa shape index (κ2) is 27.0. The van der Waals surface area contributed by atoms with E-state index in [4.69, 9.17) is 0 Å². The average molecular weight is 1130 g/mol. The lowest BCUT2D eigenvalue weighted by Crippen LogP contribution is -2.38. The van der Waals surface area contributed by atoms with Crippen molar-refractivity contribution in [1.29, 1.82) is 0 Å². The van der Waals surface area contributed by atoms with Gasteiger partial charge >= 0.3 is 0 Å². The summed E-state index contributed by atoms with van der Waals surface area (Å²) < 4.78 is 0. The molecule has 2 aliphatic carbocycles. The lowest BCUT2D eigenvalue weighted by molar-refractivity contribution is 0.172. The number of anilines is 9. The van der Waals surface area contributed by atoms with Gasteiger partial charge in [0.05, 0.1) is 0 Å². The molecule has 0 bridgehead atoms. The number of unbranched alkanes of at least 4 members (excludes halogenated alkanes) is 2. The highest BCUT2D eigenvalue weighted by Crippen LogP contribution is 2.54. The summed E-state index contributed by atoms with van der Waals surface area (Å²) in [7, 11) is 0. The first-order chi connectivity index (χ1) is 41.8. The lowest BCUT2D eigenvalue weighted by Gasteiger charge is -2.46. The van der Waals surface area contributed by atoms with Crippen LogP contribution in [0.4, 0.5) is 51.2 Å². The molecule has 0 spiro atoms. The molecule has 0 radical (unpaired) electrons. The number of benzene rings is 9. The van der Waals surface area contributed by atoms with E-state index >= 15 is 0 Å². The highest BCUT2D eigenvalue weighted by atomic mass is 15.2. The average Bonchev–Trinajstić information content (AvgIpc) is 3.54. The molecule has 9 aromatic rings. The Labute approximate surface area is 518 Å². The zero-order chi connectivity index (χ0) is 59.8. The van der Waals surface area contributed by atoms with Crippen molar-refractivity contribution in [2.75, 3.05) is 14.7 Å². The minimum Gasteiger partial charge on any atom is -0.311 e. The molecule has 2 fully saturated rings. The van der Waals surface area contributed by atoms with Crippen LogP contribution < -0.4 is 14.7 Å². The van der Waals surface area contributed by atoms with Crippen LogP contribution in [0, 0.1) is 46.5 Å². The van der Waals surface area contributed by atoms with Crippen LogP contribution in [0.15, 0.2) is 218 Å². The number of hydrogen-bond acceptors (Lipinski definition) is 3. The van der Waals surface area contributed by atoms with E-state index in [0.717, 1.165) is 0 Å². The Morgan fingerprint density at radius 1 is 0.291 bits per heavy atom. The van der Waals surface area contributed by atoms with Crippen molar-refractivity contribution in [1.82, 2.24) is 0 Å². The molecule has 6 atom stereocenters. The quantitative estimate of drug-likeness (QED) is 0.0710. The Morgan fingerprint density at radius 2 is 0.500 bits per heavy atom. The summed E-state index contributed by atoms with van der Waals surface area (Å²) in [6.07, 6.45) is 17.3. The number of rotatable bonds is 21. The van der Waals surface area contributed by atoms with Gasteiger partial charge in [0.1, 0.15) is 0 Å². The molecule has 0 aromatic heterocycles. The van der Waals surface area contributed by atoms with Gasteiger partial charge in [0.25, 0.3) is 0 Å². The van der Waals surface area contributed by atoms with Crippen molar-refractivity contribution < 1.29 is 0 Å². The zero-order valence-corrected chi connectivity index (χ0v) is 53.3. The SMILES string of the molecule is CCCCC(C)(c1ccc(N(c2ccc(C)cc2)c2ccc(C)cc2)cc1)C1CCCCC1c1ccc(N(c2ccc(C)cc2)c2ccc(C(C)(CCCC)C3CCCCC3c3ccc(N(c4ccc(C)cc4)c4ccc(C)cc4)cc3)cc2)cc1. The second-order valence-electron chi connectivity index (χ2n) is 26.5. The molecule has 0 aliphatic heterocycles. The fraction of sp³-hybridized carbons (Fsp3) is 0.349. The summed E-state index contributed by atoms with van der Waals surface area (Å²) in [5.74, 6) is 2.05. The summed E-state index contributed by atoms with van der Waals surface area (Å²) in [5, 5.41) is 0. The second-order valence-corrected chi connectivity index (χ2v) is 26.5. The van der Waals surface area contributed by atoms with E-state index < -0.39 is 0 Å². The smallest absolute Gasteiger partial charge is 0.0461 e. The fourth-order valence-corrected chi connectivity index (χ4v) is 15.3. The fourth-order valence-electron chi connectivity index (χ4n) is 15.3. The highest BCUT2D eigenvalue weighted by Gasteiger charge is 2.43. The van der Waals surface area contributed by atoms with Crippen molar-refractivity contribution in [3.8, 4) is 0 Å². The van der Waals surface area contributed by atoms with Gasteiger partial charge in [0.2, 0.25) is 0 Å². The third kappa shape index (κ3) is 13.0. The van der Waals surface area contributed by atoms with E-state index in [1.54, 1.807) is 0 Å². The van der Waals surface area contributed by atoms with Crippen LogP contribution in [0.3, 0.4) is 0 Å². The molecule has 9 aromatic carbocycles. The molecule has 0 N–H and O–H groups in total. The van der Waals surface area contributed by atoms with Gasteiger partial charge in [0.15, 0.2) is 0 Å². The van der Waals surface area contributed by atoms with Crippen LogP contribution >= 0.6 is 0 Å². The zero-order valence-electron chi connectivity index (χ0n) is 53.3. The molecule has 442 valence electrons. The van der Waals surface area contributed by atoms with Crippen LogP contribution in [-0.2, 0) is 10.8 Å². The molecule has 0 amide bonds. The molecule has 2 aliphatic rings. The van der Waals surface area contributed by atoms with E-state index in [9.17, 15) is 0 Å². The Kier molecular flexibility index (Phi) is 18.8. The number of hydrogen-bond donors (Lipinski definition) is 0. The van der Waals surface area contributed by atoms with Gasteiger partial charge < -0.3 is 14.7 Å². The van der Waals surface area contributed by atoms with Crippen molar-refractivity contribution in [2.45, 2.75) is 175 Å². The first kappa shape index (κ1) is 60.1. The molecule has 0 heterocycles. The molecule has 3 heteroatoms. The molecule has 86 heavy (non-hydrogen) atoms. The van der Waals surface area contributed by atoms with Gasteiger partial charge in [-0.3, -0.25) is 0 Å². The highest BCUT2D eigenvalue weighted by molar-refractivity contribution is 5.79. The predicted molar refractivity (Wildman–Crippen MR) is 370 cm³/mol. The van der Waals surface area contributed by atoms with Crippen molar-refractivity contribution >= 4 is 51.2 Å². The first-order valence-corrected chi connectivity index (χ1v) is 33.0. The Morgan fingerprint density at radius 3 is 0.733 bits per heavy atom. The summed E-state index contributed by atoms with van der Waals surface area (Å²) in [5.41, 5.74) is 23.1. The van der Waals surface area contributed by atoms with E-state index in [1.807, 2.05) is 0 Å². The Balaban J connectivity index is 0.878. The third-order valence-corrected chi connectivity index (χ3v) is 20.5. The minimum absolute atomic E-state index is 0.0257. The van der Waals surface area contributed by atoms with Gasteiger partial charge in [0, 0.05) is 51.2 Å². The maximum absolute atomic E-state index is 2.62. The largest absolute Gasteiger partial charge is 0.311 e. The first-order valence-electron chi connectivity index (χ1n) is 33.0. The molecule has 6 unspecified atom stereocenters. The molecule has 3 nitrogen and oxygen atoms in total. The summed E-state index contributed by atoms with van der Waals surface area (Å²) in [4.78, 5) is 7.32. The summed E-state index contributed by atoms with van der Waals surface area (Å²) in [6, 6.07) is 84.2. The predicted octanol–water partition coefficient (Wildman–Crippen LogP) is 24.5. The molecule has 0 saturated heterocycles. The standard InChI is InChI=1S/C83H95N3/c1-10-12-58-82(8,67-36-54-76(55-37-67)85(71-44-26-62(5)27-45-71)72-46-28-63(6)29-47-72)81-21-17-15-19-79(81)66-34-52-75(53-35-66)86(73-48-30-64(7)31-49-73)77-56-38-68(39-57-77)83(9,59-13-11-2)80-20-16-14-18-78(80)65-32-50-74(51-33-65)84(69-40-22-60(3)23-41-69)70-42-24-61(4)25-43-70/h22-57,78-81H,10-21,58-59H2,1-9H3. The van der Waals surface area contributed by atoms with E-state index in [1.165, 1.54) is 191 Å². The van der Waals surface area contributed by atoms with Gasteiger partial charge in [-0.2, -0.15) is 0 Å².